The highest BCUT2D eigenvalue weighted by Crippen LogP contribution is 2.34. The molecule has 1 aliphatic rings. The summed E-state index contributed by atoms with van der Waals surface area (Å²) in [4.78, 5) is 48.5. The monoisotopic (exact) mass is 632 g/mol. The quantitative estimate of drug-likeness (QED) is 0.208. The van der Waals surface area contributed by atoms with Crippen molar-refractivity contribution in [2.24, 2.45) is 0 Å². The lowest BCUT2D eigenvalue weighted by molar-refractivity contribution is -0.142. The predicted octanol–water partition coefficient (Wildman–Crippen LogP) is 5.59. The molecule has 3 aromatic heterocycles. The van der Waals surface area contributed by atoms with Crippen molar-refractivity contribution in [2.45, 2.75) is 38.4 Å². The number of rotatable bonds is 7. The largest absolute Gasteiger partial charge is 0.435 e. The van der Waals surface area contributed by atoms with Crippen LogP contribution in [0.2, 0.25) is 5.02 Å². The number of alkyl halides is 3. The van der Waals surface area contributed by atoms with Crippen LogP contribution in [0.1, 0.15) is 56.0 Å². The molecule has 0 unspecified atom stereocenters. The maximum atomic E-state index is 13.1. The van der Waals surface area contributed by atoms with Crippen LogP contribution in [-0.2, 0) is 17.5 Å². The van der Waals surface area contributed by atoms with Gasteiger partial charge in [-0.25, -0.2) is 14.8 Å². The number of halogens is 4. The number of benzene rings is 1. The molecule has 1 aliphatic heterocycles. The minimum Gasteiger partial charge on any atom is -0.419 e. The van der Waals surface area contributed by atoms with Gasteiger partial charge in [0.2, 0.25) is 5.91 Å². The van der Waals surface area contributed by atoms with Gasteiger partial charge in [0, 0.05) is 36.3 Å². The van der Waals surface area contributed by atoms with E-state index in [1.165, 1.54) is 42.7 Å². The van der Waals surface area contributed by atoms with Crippen molar-refractivity contribution in [2.75, 3.05) is 18.4 Å². The first-order valence-electron chi connectivity index (χ1n) is 13.1. The number of amides is 2. The lowest BCUT2D eigenvalue weighted by Crippen LogP contribution is -2.40. The fourth-order valence-corrected chi connectivity index (χ4v) is 5.69. The maximum absolute atomic E-state index is 13.1. The molecule has 10 nitrogen and oxygen atoms in total. The molecule has 43 heavy (non-hydrogen) atoms. The minimum absolute atomic E-state index is 0.0315. The number of aryl methyl sites for hydroxylation is 1. The molecule has 0 spiro atoms. The number of nitrogens with one attached hydrogen (secondary N) is 1. The van der Waals surface area contributed by atoms with Crippen LogP contribution in [-0.4, -0.2) is 55.5 Å². The second-order valence-electron chi connectivity index (χ2n) is 9.73. The molecule has 4 aromatic rings. The van der Waals surface area contributed by atoms with E-state index in [4.69, 9.17) is 16.3 Å². The van der Waals surface area contributed by atoms with Crippen LogP contribution < -0.4 is 10.1 Å². The summed E-state index contributed by atoms with van der Waals surface area (Å²) >= 11 is 7.61. The Bertz CT molecular complexity index is 1650. The fraction of sp³-hybridized carbons (Fsp3) is 0.286. The van der Waals surface area contributed by atoms with Gasteiger partial charge in [-0.1, -0.05) is 23.7 Å². The van der Waals surface area contributed by atoms with Gasteiger partial charge in [0.05, 0.1) is 15.6 Å². The number of ether oxygens (including phenoxy) is 1. The van der Waals surface area contributed by atoms with E-state index in [0.717, 1.165) is 15.8 Å². The summed E-state index contributed by atoms with van der Waals surface area (Å²) in [5, 5.41) is 8.77. The molecule has 0 radical (unpaired) electrons. The van der Waals surface area contributed by atoms with Gasteiger partial charge in [-0.2, -0.15) is 18.3 Å². The Morgan fingerprint density at radius 3 is 2.58 bits per heavy atom. The van der Waals surface area contributed by atoms with Crippen molar-refractivity contribution in [3.63, 3.8) is 0 Å². The third-order valence-corrected chi connectivity index (χ3v) is 8.10. The molecular formula is C28H24ClF3N6O4S. The summed E-state index contributed by atoms with van der Waals surface area (Å²) in [5.41, 5.74) is -0.685. The topological polar surface area (TPSA) is 119 Å². The number of likely N-dealkylation sites (tertiary alicyclic amines) is 1. The van der Waals surface area contributed by atoms with Gasteiger partial charge in [-0.05, 0) is 50.1 Å². The summed E-state index contributed by atoms with van der Waals surface area (Å²) in [6.45, 7) is 2.01. The van der Waals surface area contributed by atoms with Crippen LogP contribution in [0, 0.1) is 6.92 Å². The lowest BCUT2D eigenvalue weighted by atomic mass is 9.97. The number of aromatic nitrogens is 4. The molecule has 1 fully saturated rings. The van der Waals surface area contributed by atoms with Crippen LogP contribution in [0.5, 0.6) is 5.75 Å². The van der Waals surface area contributed by atoms with Crippen LogP contribution in [0.4, 0.5) is 19.0 Å². The molecule has 0 saturated carbocycles. The van der Waals surface area contributed by atoms with Crippen molar-refractivity contribution in [1.82, 2.24) is 24.6 Å². The summed E-state index contributed by atoms with van der Waals surface area (Å²) in [6.07, 6.45) is -1.94. The Balaban J connectivity index is 1.18. The normalized spacial score (nSPS) is 14.0. The van der Waals surface area contributed by atoms with E-state index in [2.05, 4.69) is 20.4 Å². The first-order chi connectivity index (χ1) is 20.5. The second-order valence-corrected chi connectivity index (χ2v) is 11.0. The number of pyridine rings is 1. The highest BCUT2D eigenvalue weighted by molar-refractivity contribution is 7.10. The number of carbonyl (C=O) groups excluding carboxylic acids is 3. The number of para-hydroxylation sites is 1. The predicted molar refractivity (Wildman–Crippen MR) is 151 cm³/mol. The average Bonchev–Trinajstić information content (AvgIpc) is 3.61. The summed E-state index contributed by atoms with van der Waals surface area (Å²) in [7, 11) is 0. The van der Waals surface area contributed by atoms with Crippen LogP contribution >= 0.6 is 22.9 Å². The first-order valence-corrected chi connectivity index (χ1v) is 14.3. The standard InChI is InChI=1S/C28H24ClF3N6O4S/c1-16-13-21(28(30,31)32)36-38(16)14-23(39)37-11-8-17(9-12-37)26-35-22(15-43-26)34-25(40)18-5-4-6-19(29)24(18)42-27(41)20-7-2-3-10-33-20/h2-7,10,13,15,17H,8-9,11-12,14H2,1H3,(H,34,40). The molecule has 0 aliphatic carbocycles. The number of hydrogen-bond acceptors (Lipinski definition) is 8. The van der Waals surface area contributed by atoms with E-state index < -0.39 is 23.7 Å². The second kappa shape index (κ2) is 12.5. The highest BCUT2D eigenvalue weighted by atomic mass is 35.5. The number of piperidine rings is 1. The van der Waals surface area contributed by atoms with Crippen LogP contribution in [0.25, 0.3) is 0 Å². The molecule has 5 rings (SSSR count). The molecule has 224 valence electrons. The summed E-state index contributed by atoms with van der Waals surface area (Å²) in [6, 6.07) is 10.2. The molecule has 4 heterocycles. The molecule has 15 heteroatoms. The average molecular weight is 633 g/mol. The van der Waals surface area contributed by atoms with Crippen LogP contribution in [0.15, 0.2) is 54.0 Å². The highest BCUT2D eigenvalue weighted by Gasteiger charge is 2.35. The molecule has 0 atom stereocenters. The van der Waals surface area contributed by atoms with Gasteiger partial charge in [0.25, 0.3) is 5.91 Å². The minimum atomic E-state index is -4.58. The number of hydrogen-bond donors (Lipinski definition) is 1. The van der Waals surface area contributed by atoms with Crippen molar-refractivity contribution < 1.29 is 32.3 Å². The Labute approximate surface area is 252 Å². The van der Waals surface area contributed by atoms with Crippen molar-refractivity contribution in [1.29, 1.82) is 0 Å². The van der Waals surface area contributed by atoms with Crippen molar-refractivity contribution in [3.05, 3.63) is 86.7 Å². The Morgan fingerprint density at radius 2 is 1.91 bits per heavy atom. The van der Waals surface area contributed by atoms with Crippen molar-refractivity contribution in [3.8, 4) is 5.75 Å². The number of nitrogens with zero attached hydrogens (tertiary/aromatic N) is 5. The SMILES string of the molecule is Cc1cc(C(F)(F)F)nn1CC(=O)N1CCC(c2nc(NC(=O)c3cccc(Cl)c3OC(=O)c3ccccn3)cs2)CC1. The zero-order valence-corrected chi connectivity index (χ0v) is 24.2. The van der Waals surface area contributed by atoms with E-state index in [1.807, 2.05) is 0 Å². The fourth-order valence-electron chi connectivity index (χ4n) is 4.55. The van der Waals surface area contributed by atoms with E-state index >= 15 is 0 Å². The third-order valence-electron chi connectivity index (χ3n) is 6.80. The number of anilines is 1. The summed E-state index contributed by atoms with van der Waals surface area (Å²) in [5.74, 6) is -1.43. The molecule has 1 N–H and O–H groups in total. The molecule has 1 aromatic carbocycles. The van der Waals surface area contributed by atoms with Gasteiger partial charge >= 0.3 is 12.1 Å². The van der Waals surface area contributed by atoms with Gasteiger partial charge in [0.1, 0.15) is 18.1 Å². The first kappa shape index (κ1) is 30.2. The van der Waals surface area contributed by atoms with Gasteiger partial charge in [-0.15, -0.1) is 11.3 Å². The summed E-state index contributed by atoms with van der Waals surface area (Å²) < 4.78 is 45.3. The van der Waals surface area contributed by atoms with Crippen molar-refractivity contribution >= 4 is 46.5 Å². The van der Waals surface area contributed by atoms with Gasteiger partial charge in [-0.3, -0.25) is 14.3 Å². The van der Waals surface area contributed by atoms with E-state index in [9.17, 15) is 27.6 Å². The zero-order valence-electron chi connectivity index (χ0n) is 22.6. The smallest absolute Gasteiger partial charge is 0.419 e. The zero-order chi connectivity index (χ0) is 30.7. The van der Waals surface area contributed by atoms with E-state index in [0.29, 0.717) is 31.7 Å². The number of thiazole rings is 1. The number of esters is 1. The Hall–Kier alpha value is -4.30. The molecule has 1 saturated heterocycles. The Kier molecular flexibility index (Phi) is 8.78. The van der Waals surface area contributed by atoms with Crippen LogP contribution in [0.3, 0.4) is 0 Å². The maximum Gasteiger partial charge on any atom is 0.435 e. The number of carbonyl (C=O) groups is 3. The Morgan fingerprint density at radius 1 is 1.14 bits per heavy atom. The third kappa shape index (κ3) is 7.03. The lowest BCUT2D eigenvalue weighted by Gasteiger charge is -2.31. The van der Waals surface area contributed by atoms with E-state index in [1.54, 1.807) is 28.5 Å². The molecule has 0 bridgehead atoms. The van der Waals surface area contributed by atoms with E-state index in [-0.39, 0.29) is 46.1 Å². The molecular weight excluding hydrogens is 609 g/mol. The van der Waals surface area contributed by atoms with Gasteiger partial charge in [0.15, 0.2) is 11.4 Å². The molecule has 2 amide bonds. The van der Waals surface area contributed by atoms with Gasteiger partial charge < -0.3 is 15.0 Å².